The van der Waals surface area contributed by atoms with E-state index in [-0.39, 0.29) is 17.7 Å². The van der Waals surface area contributed by atoms with Gasteiger partial charge in [-0.1, -0.05) is 15.9 Å². The van der Waals surface area contributed by atoms with Crippen molar-refractivity contribution in [3.63, 3.8) is 0 Å². The predicted molar refractivity (Wildman–Crippen MR) is 90.2 cm³/mol. The zero-order valence-electron chi connectivity index (χ0n) is 13.3. The number of anilines is 1. The van der Waals surface area contributed by atoms with Gasteiger partial charge in [0.25, 0.3) is 5.69 Å². The predicted octanol–water partition coefficient (Wildman–Crippen LogP) is 3.05. The molecule has 2 rings (SSSR count). The Morgan fingerprint density at radius 1 is 1.48 bits per heavy atom. The SMILES string of the molecule is CC(C)(C)C(=O)OC1NCCC1Nc1ccc(Br)cc1[N+](=O)[O-]. The summed E-state index contributed by atoms with van der Waals surface area (Å²) in [5.41, 5.74) is -0.214. The number of carbonyl (C=O) groups excluding carboxylic acids is 1. The maximum atomic E-state index is 12.0. The van der Waals surface area contributed by atoms with Gasteiger partial charge in [0, 0.05) is 17.1 Å². The molecule has 0 aliphatic carbocycles. The molecule has 23 heavy (non-hydrogen) atoms. The Kier molecular flexibility index (Phi) is 5.26. The minimum atomic E-state index is -0.599. The number of ether oxygens (including phenoxy) is 1. The number of nitro groups is 1. The molecule has 0 aromatic heterocycles. The molecule has 1 aromatic carbocycles. The Morgan fingerprint density at radius 2 is 2.17 bits per heavy atom. The van der Waals surface area contributed by atoms with Gasteiger partial charge in [-0.15, -0.1) is 0 Å². The van der Waals surface area contributed by atoms with E-state index in [2.05, 4.69) is 26.6 Å². The van der Waals surface area contributed by atoms with E-state index in [0.717, 1.165) is 0 Å². The monoisotopic (exact) mass is 385 g/mol. The van der Waals surface area contributed by atoms with Crippen molar-refractivity contribution in [1.82, 2.24) is 5.32 Å². The standard InChI is InChI=1S/C15H20BrN3O4/c1-15(2,3)14(20)23-13-11(6-7-17-13)18-10-5-4-9(16)8-12(10)19(21)22/h4-5,8,11,13,17-18H,6-7H2,1-3H3. The molecule has 1 fully saturated rings. The third-order valence-electron chi connectivity index (χ3n) is 3.51. The number of rotatable bonds is 4. The third-order valence-corrected chi connectivity index (χ3v) is 4.00. The van der Waals surface area contributed by atoms with Crippen LogP contribution < -0.4 is 10.6 Å². The number of carbonyl (C=O) groups is 1. The average molecular weight is 386 g/mol. The van der Waals surface area contributed by atoms with Gasteiger partial charge in [-0.05, 0) is 39.3 Å². The number of esters is 1. The molecule has 0 saturated carbocycles. The maximum absolute atomic E-state index is 12.0. The molecule has 0 radical (unpaired) electrons. The van der Waals surface area contributed by atoms with Crippen molar-refractivity contribution in [2.75, 3.05) is 11.9 Å². The summed E-state index contributed by atoms with van der Waals surface area (Å²) in [7, 11) is 0. The Bertz CT molecular complexity index is 615. The molecule has 1 saturated heterocycles. The van der Waals surface area contributed by atoms with Gasteiger partial charge >= 0.3 is 5.97 Å². The molecular weight excluding hydrogens is 366 g/mol. The second kappa shape index (κ2) is 6.84. The average Bonchev–Trinajstić information content (AvgIpc) is 2.86. The van der Waals surface area contributed by atoms with Crippen LogP contribution in [0.1, 0.15) is 27.2 Å². The summed E-state index contributed by atoms with van der Waals surface area (Å²) in [4.78, 5) is 22.8. The molecular formula is C15H20BrN3O4. The fourth-order valence-electron chi connectivity index (χ4n) is 2.22. The van der Waals surface area contributed by atoms with Crippen LogP contribution in [0.4, 0.5) is 11.4 Å². The highest BCUT2D eigenvalue weighted by atomic mass is 79.9. The number of hydrogen-bond acceptors (Lipinski definition) is 6. The molecule has 126 valence electrons. The third kappa shape index (κ3) is 4.42. The minimum absolute atomic E-state index is 0.0211. The van der Waals surface area contributed by atoms with Crippen LogP contribution in [0.15, 0.2) is 22.7 Å². The van der Waals surface area contributed by atoms with Crippen LogP contribution >= 0.6 is 15.9 Å². The summed E-state index contributed by atoms with van der Waals surface area (Å²) in [5, 5.41) is 17.4. The number of benzene rings is 1. The summed E-state index contributed by atoms with van der Waals surface area (Å²) in [5.74, 6) is -0.311. The van der Waals surface area contributed by atoms with Crippen molar-refractivity contribution in [3.8, 4) is 0 Å². The summed E-state index contributed by atoms with van der Waals surface area (Å²) in [6.07, 6.45) is 0.194. The highest BCUT2D eigenvalue weighted by molar-refractivity contribution is 9.10. The molecule has 0 bridgehead atoms. The van der Waals surface area contributed by atoms with E-state index in [0.29, 0.717) is 23.1 Å². The number of nitrogens with one attached hydrogen (secondary N) is 2. The first-order valence-corrected chi connectivity index (χ1v) is 8.13. The molecule has 2 unspecified atom stereocenters. The lowest BCUT2D eigenvalue weighted by Gasteiger charge is -2.25. The Balaban J connectivity index is 2.13. The van der Waals surface area contributed by atoms with Gasteiger partial charge in [-0.2, -0.15) is 0 Å². The Hall–Kier alpha value is -1.67. The van der Waals surface area contributed by atoms with Crippen LogP contribution in [0.2, 0.25) is 0 Å². The van der Waals surface area contributed by atoms with Crippen molar-refractivity contribution in [3.05, 3.63) is 32.8 Å². The Morgan fingerprint density at radius 3 is 2.78 bits per heavy atom. The quantitative estimate of drug-likeness (QED) is 0.469. The van der Waals surface area contributed by atoms with Gasteiger partial charge in [-0.3, -0.25) is 20.2 Å². The molecule has 1 heterocycles. The van der Waals surface area contributed by atoms with Crippen molar-refractivity contribution >= 4 is 33.3 Å². The van der Waals surface area contributed by atoms with E-state index in [4.69, 9.17) is 4.74 Å². The van der Waals surface area contributed by atoms with Crippen molar-refractivity contribution in [2.24, 2.45) is 5.41 Å². The number of nitro benzene ring substituents is 1. The summed E-state index contributed by atoms with van der Waals surface area (Å²) in [6.45, 7) is 6.02. The number of hydrogen-bond donors (Lipinski definition) is 2. The lowest BCUT2D eigenvalue weighted by molar-refractivity contribution is -0.384. The summed E-state index contributed by atoms with van der Waals surface area (Å²) in [6, 6.07) is 4.60. The second-order valence-electron chi connectivity index (χ2n) is 6.49. The first-order chi connectivity index (χ1) is 10.7. The fourth-order valence-corrected chi connectivity index (χ4v) is 2.57. The topological polar surface area (TPSA) is 93.5 Å². The number of nitrogens with zero attached hydrogens (tertiary/aromatic N) is 1. The molecule has 2 atom stereocenters. The molecule has 0 amide bonds. The van der Waals surface area contributed by atoms with Crippen LogP contribution in [0.5, 0.6) is 0 Å². The number of halogens is 1. The highest BCUT2D eigenvalue weighted by Gasteiger charge is 2.34. The van der Waals surface area contributed by atoms with E-state index in [1.54, 1.807) is 32.9 Å². The van der Waals surface area contributed by atoms with E-state index < -0.39 is 16.6 Å². The zero-order valence-corrected chi connectivity index (χ0v) is 14.8. The fraction of sp³-hybridized carbons (Fsp3) is 0.533. The van der Waals surface area contributed by atoms with E-state index >= 15 is 0 Å². The lowest BCUT2D eigenvalue weighted by atomic mass is 9.97. The minimum Gasteiger partial charge on any atom is -0.444 e. The molecule has 0 spiro atoms. The van der Waals surface area contributed by atoms with Gasteiger partial charge in [-0.25, -0.2) is 0 Å². The first kappa shape index (κ1) is 17.7. The largest absolute Gasteiger partial charge is 0.444 e. The van der Waals surface area contributed by atoms with Gasteiger partial charge in [0.1, 0.15) is 5.69 Å². The van der Waals surface area contributed by atoms with Gasteiger partial charge < -0.3 is 10.1 Å². The van der Waals surface area contributed by atoms with E-state index in [9.17, 15) is 14.9 Å². The lowest BCUT2D eigenvalue weighted by Crippen LogP contribution is -2.42. The second-order valence-corrected chi connectivity index (χ2v) is 7.40. The molecule has 2 N–H and O–H groups in total. The molecule has 8 heteroatoms. The highest BCUT2D eigenvalue weighted by Crippen LogP contribution is 2.30. The maximum Gasteiger partial charge on any atom is 0.312 e. The van der Waals surface area contributed by atoms with Crippen molar-refractivity contribution in [1.29, 1.82) is 0 Å². The normalized spacial score (nSPS) is 21.0. The van der Waals surface area contributed by atoms with Crippen LogP contribution in [0.3, 0.4) is 0 Å². The first-order valence-electron chi connectivity index (χ1n) is 7.33. The molecule has 7 nitrogen and oxygen atoms in total. The van der Waals surface area contributed by atoms with Crippen LogP contribution in [-0.2, 0) is 9.53 Å². The Labute approximate surface area is 143 Å². The molecule has 1 aliphatic rings. The van der Waals surface area contributed by atoms with Crippen LogP contribution in [-0.4, -0.2) is 29.7 Å². The van der Waals surface area contributed by atoms with Crippen molar-refractivity contribution < 1.29 is 14.5 Å². The zero-order chi connectivity index (χ0) is 17.2. The van der Waals surface area contributed by atoms with E-state index in [1.807, 2.05) is 0 Å². The van der Waals surface area contributed by atoms with Gasteiger partial charge in [0.05, 0.1) is 16.4 Å². The summed E-state index contributed by atoms with van der Waals surface area (Å²) < 4.78 is 6.13. The van der Waals surface area contributed by atoms with E-state index in [1.165, 1.54) is 6.07 Å². The molecule has 1 aromatic rings. The van der Waals surface area contributed by atoms with Crippen LogP contribution in [0.25, 0.3) is 0 Å². The van der Waals surface area contributed by atoms with Gasteiger partial charge in [0.2, 0.25) is 0 Å². The van der Waals surface area contributed by atoms with Crippen molar-refractivity contribution in [2.45, 2.75) is 39.5 Å². The smallest absolute Gasteiger partial charge is 0.312 e. The summed E-state index contributed by atoms with van der Waals surface area (Å²) >= 11 is 3.23. The molecule has 1 aliphatic heterocycles. The van der Waals surface area contributed by atoms with Crippen LogP contribution in [0, 0.1) is 15.5 Å². The van der Waals surface area contributed by atoms with Gasteiger partial charge in [0.15, 0.2) is 6.23 Å².